The lowest BCUT2D eigenvalue weighted by atomic mass is 9.93. The van der Waals surface area contributed by atoms with Crippen molar-refractivity contribution in [3.05, 3.63) is 69.0 Å². The zero-order valence-corrected chi connectivity index (χ0v) is 23.1. The summed E-state index contributed by atoms with van der Waals surface area (Å²) in [6.45, 7) is 3.95. The summed E-state index contributed by atoms with van der Waals surface area (Å²) in [5.41, 5.74) is -0.0355. The maximum Gasteiger partial charge on any atom is 0.419 e. The molecule has 212 valence electrons. The molecule has 0 radical (unpaired) electrons. The van der Waals surface area contributed by atoms with Crippen LogP contribution in [0, 0.1) is 5.82 Å². The fourth-order valence-electron chi connectivity index (χ4n) is 5.47. The van der Waals surface area contributed by atoms with E-state index in [1.807, 2.05) is 15.9 Å². The van der Waals surface area contributed by atoms with E-state index < -0.39 is 17.6 Å². The summed E-state index contributed by atoms with van der Waals surface area (Å²) in [6.07, 6.45) is -3.99. The molecule has 0 bridgehead atoms. The van der Waals surface area contributed by atoms with Crippen LogP contribution in [0.3, 0.4) is 0 Å². The van der Waals surface area contributed by atoms with Crippen LogP contribution in [-0.4, -0.2) is 78.4 Å². The van der Waals surface area contributed by atoms with Crippen LogP contribution < -0.4 is 5.32 Å². The minimum Gasteiger partial charge on any atom is -0.352 e. The van der Waals surface area contributed by atoms with Gasteiger partial charge in [0.25, 0.3) is 0 Å². The Hall–Kier alpha value is -2.40. The lowest BCUT2D eigenvalue weighted by Gasteiger charge is -2.29. The third-order valence-electron chi connectivity index (χ3n) is 7.39. The molecule has 0 aromatic heterocycles. The van der Waals surface area contributed by atoms with Crippen molar-refractivity contribution in [1.29, 1.82) is 0 Å². The van der Waals surface area contributed by atoms with Crippen LogP contribution in [0.25, 0.3) is 0 Å². The summed E-state index contributed by atoms with van der Waals surface area (Å²) in [4.78, 5) is 30.4. The van der Waals surface area contributed by atoms with Gasteiger partial charge in [-0.15, -0.1) is 0 Å². The molecule has 2 aromatic rings. The predicted octanol–water partition coefficient (Wildman–Crippen LogP) is 4.79. The Labute approximate surface area is 234 Å². The summed E-state index contributed by atoms with van der Waals surface area (Å²) in [5.74, 6) is -1.63. The number of amides is 2. The molecule has 0 aliphatic carbocycles. The van der Waals surface area contributed by atoms with E-state index in [4.69, 9.17) is 23.2 Å². The van der Waals surface area contributed by atoms with Crippen molar-refractivity contribution in [1.82, 2.24) is 20.0 Å². The second kappa shape index (κ2) is 12.0. The van der Waals surface area contributed by atoms with Crippen LogP contribution >= 0.6 is 23.2 Å². The number of alkyl halides is 3. The molecular weight excluding hydrogens is 559 g/mol. The number of nitrogens with zero attached hydrogens (tertiary/aromatic N) is 3. The summed E-state index contributed by atoms with van der Waals surface area (Å²) in [6, 6.07) is 8.05. The molecule has 2 aliphatic rings. The van der Waals surface area contributed by atoms with E-state index in [-0.39, 0.29) is 42.9 Å². The molecule has 2 unspecified atom stereocenters. The van der Waals surface area contributed by atoms with E-state index in [2.05, 4.69) is 5.32 Å². The van der Waals surface area contributed by atoms with Crippen molar-refractivity contribution in [3.63, 3.8) is 0 Å². The Balaban J connectivity index is 1.50. The topological polar surface area (TPSA) is 55.9 Å². The van der Waals surface area contributed by atoms with Crippen LogP contribution in [0.4, 0.5) is 17.6 Å². The number of benzene rings is 2. The number of likely N-dealkylation sites (N-methyl/N-ethyl adjacent to an activating group) is 1. The van der Waals surface area contributed by atoms with Crippen molar-refractivity contribution in [2.75, 3.05) is 39.8 Å². The molecule has 2 aromatic carbocycles. The molecule has 0 spiro atoms. The number of rotatable bonds is 7. The number of hydrogen-bond acceptors (Lipinski definition) is 4. The smallest absolute Gasteiger partial charge is 0.352 e. The quantitative estimate of drug-likeness (QED) is 0.473. The van der Waals surface area contributed by atoms with E-state index in [0.29, 0.717) is 41.8 Å². The molecule has 2 heterocycles. The zero-order valence-electron chi connectivity index (χ0n) is 21.6. The van der Waals surface area contributed by atoms with Crippen LogP contribution in [0.15, 0.2) is 36.4 Å². The summed E-state index contributed by atoms with van der Waals surface area (Å²) in [7, 11) is 1.80. The Kier molecular flexibility index (Phi) is 9.10. The molecular formula is C27H30Cl2F4N4O2. The average Bonchev–Trinajstić information content (AvgIpc) is 3.47. The number of likely N-dealkylation sites (tertiary alicyclic amines) is 2. The first-order chi connectivity index (χ1) is 18.3. The first-order valence-electron chi connectivity index (χ1n) is 12.6. The van der Waals surface area contributed by atoms with Crippen molar-refractivity contribution < 1.29 is 27.2 Å². The van der Waals surface area contributed by atoms with E-state index in [1.165, 1.54) is 13.0 Å². The molecule has 6 nitrogen and oxygen atoms in total. The highest BCUT2D eigenvalue weighted by molar-refractivity contribution is 6.42. The van der Waals surface area contributed by atoms with Gasteiger partial charge >= 0.3 is 6.18 Å². The molecule has 12 heteroatoms. The highest BCUT2D eigenvalue weighted by Gasteiger charge is 2.40. The fraction of sp³-hybridized carbons (Fsp3) is 0.481. The van der Waals surface area contributed by atoms with Gasteiger partial charge in [0.2, 0.25) is 11.8 Å². The van der Waals surface area contributed by atoms with Crippen molar-refractivity contribution in [2.45, 2.75) is 44.1 Å². The number of nitrogens with one attached hydrogen (secondary N) is 1. The molecule has 2 amide bonds. The lowest BCUT2D eigenvalue weighted by Crippen LogP contribution is -2.42. The van der Waals surface area contributed by atoms with Gasteiger partial charge in [0.1, 0.15) is 5.82 Å². The molecule has 1 N–H and O–H groups in total. The molecule has 2 saturated heterocycles. The Morgan fingerprint density at radius 1 is 1.08 bits per heavy atom. The van der Waals surface area contributed by atoms with Gasteiger partial charge in [0, 0.05) is 57.6 Å². The van der Waals surface area contributed by atoms with E-state index >= 15 is 0 Å². The van der Waals surface area contributed by atoms with Gasteiger partial charge in [-0.2, -0.15) is 13.2 Å². The monoisotopic (exact) mass is 588 g/mol. The highest BCUT2D eigenvalue weighted by Crippen LogP contribution is 2.36. The number of carbonyl (C=O) groups excluding carboxylic acids is 2. The molecule has 2 fully saturated rings. The maximum atomic E-state index is 14.2. The molecule has 4 rings (SSSR count). The highest BCUT2D eigenvalue weighted by atomic mass is 35.5. The molecule has 39 heavy (non-hydrogen) atoms. The largest absolute Gasteiger partial charge is 0.419 e. The van der Waals surface area contributed by atoms with E-state index in [0.717, 1.165) is 24.1 Å². The Bertz CT molecular complexity index is 1230. The zero-order chi connectivity index (χ0) is 28.5. The van der Waals surface area contributed by atoms with Gasteiger partial charge in [0.05, 0.1) is 22.2 Å². The van der Waals surface area contributed by atoms with Crippen molar-refractivity contribution >= 4 is 35.0 Å². The molecule has 0 saturated carbocycles. The first-order valence-corrected chi connectivity index (χ1v) is 13.4. The molecule has 2 aliphatic heterocycles. The standard InChI is InChI=1S/C27H30Cl2F4N4O2/c1-16(38)34-19-7-8-36(12-19)15-26(39)37-13-20(18-4-6-22(28)23(29)10-18)25(14-37)35(2)11-17-3-5-21(24(30)9-17)27(31,32)33/h3-6,9-10,19-20,25H,7-8,11-15H2,1-2H3,(H,34,38)/t19?,20-,25?/m1/s1. The SMILES string of the molecule is CC(=O)NC1CCN(CC(=O)N2CC(N(C)Cc3ccc(C(F)(F)F)c(F)c3)[C@@H](c3ccc(Cl)c(Cl)c3)C2)C1. The van der Waals surface area contributed by atoms with Gasteiger partial charge in [-0.1, -0.05) is 35.3 Å². The minimum absolute atomic E-state index is 0.0147. The fourth-order valence-corrected chi connectivity index (χ4v) is 5.78. The van der Waals surface area contributed by atoms with E-state index in [1.54, 1.807) is 24.1 Å². The van der Waals surface area contributed by atoms with Crippen LogP contribution in [0.1, 0.15) is 36.0 Å². The van der Waals surface area contributed by atoms with Gasteiger partial charge in [-0.05, 0) is 48.9 Å². The maximum absolute atomic E-state index is 14.2. The third kappa shape index (κ3) is 7.22. The van der Waals surface area contributed by atoms with Gasteiger partial charge in [-0.3, -0.25) is 19.4 Å². The number of halogens is 6. The third-order valence-corrected chi connectivity index (χ3v) is 8.13. The Morgan fingerprint density at radius 3 is 2.46 bits per heavy atom. The second-order valence-corrected chi connectivity index (χ2v) is 11.1. The summed E-state index contributed by atoms with van der Waals surface area (Å²) in [5, 5.41) is 3.67. The van der Waals surface area contributed by atoms with Crippen molar-refractivity contribution in [3.8, 4) is 0 Å². The Morgan fingerprint density at radius 2 is 1.82 bits per heavy atom. The van der Waals surface area contributed by atoms with Crippen LogP contribution in [0.5, 0.6) is 0 Å². The van der Waals surface area contributed by atoms with Gasteiger partial charge in [0.15, 0.2) is 0 Å². The lowest BCUT2D eigenvalue weighted by molar-refractivity contribution is -0.140. The van der Waals surface area contributed by atoms with E-state index in [9.17, 15) is 27.2 Å². The summed E-state index contributed by atoms with van der Waals surface area (Å²) >= 11 is 12.4. The van der Waals surface area contributed by atoms with Crippen LogP contribution in [-0.2, 0) is 22.3 Å². The second-order valence-electron chi connectivity index (χ2n) is 10.3. The number of hydrogen-bond donors (Lipinski definition) is 1. The summed E-state index contributed by atoms with van der Waals surface area (Å²) < 4.78 is 53.2. The minimum atomic E-state index is -4.77. The first kappa shape index (κ1) is 29.6. The average molecular weight is 589 g/mol. The molecule has 3 atom stereocenters. The predicted molar refractivity (Wildman–Crippen MR) is 141 cm³/mol. The van der Waals surface area contributed by atoms with Gasteiger partial charge in [-0.25, -0.2) is 4.39 Å². The number of carbonyl (C=O) groups is 2. The van der Waals surface area contributed by atoms with Crippen molar-refractivity contribution in [2.24, 2.45) is 0 Å². The van der Waals surface area contributed by atoms with Crippen LogP contribution in [0.2, 0.25) is 10.0 Å². The van der Waals surface area contributed by atoms with Gasteiger partial charge < -0.3 is 10.2 Å². The normalized spacial score (nSPS) is 22.1.